The van der Waals surface area contributed by atoms with Crippen LogP contribution in [0.3, 0.4) is 0 Å². The van der Waals surface area contributed by atoms with E-state index in [1.807, 2.05) is 6.92 Å². The number of ether oxygens (including phenoxy) is 1. The van der Waals surface area contributed by atoms with Crippen LogP contribution in [0.25, 0.3) is 0 Å². The molecule has 0 saturated heterocycles. The van der Waals surface area contributed by atoms with E-state index in [1.165, 1.54) is 17.0 Å². The average molecular weight is 313 g/mol. The number of anilines is 1. The number of hydrogen-bond donors (Lipinski definition) is 2. The molecule has 116 valence electrons. The van der Waals surface area contributed by atoms with Crippen molar-refractivity contribution in [2.75, 3.05) is 24.5 Å². The fraction of sp³-hybridized carbons (Fsp3) is 0.462. The number of benzene rings is 1. The van der Waals surface area contributed by atoms with E-state index in [0.29, 0.717) is 18.0 Å². The van der Waals surface area contributed by atoms with Gasteiger partial charge in [0.25, 0.3) is 5.91 Å². The van der Waals surface area contributed by atoms with Crippen molar-refractivity contribution < 1.29 is 17.9 Å². The maximum atomic E-state index is 12.1. The minimum Gasteiger partial charge on any atom is -0.479 e. The zero-order valence-corrected chi connectivity index (χ0v) is 12.8. The van der Waals surface area contributed by atoms with Gasteiger partial charge in [0.1, 0.15) is 5.75 Å². The summed E-state index contributed by atoms with van der Waals surface area (Å²) >= 11 is 0. The number of carbonyl (C=O) groups is 1. The van der Waals surface area contributed by atoms with E-state index in [-0.39, 0.29) is 23.9 Å². The summed E-state index contributed by atoms with van der Waals surface area (Å²) in [6.45, 7) is 4.31. The Kier molecular flexibility index (Phi) is 4.50. The van der Waals surface area contributed by atoms with Crippen LogP contribution in [-0.4, -0.2) is 40.1 Å². The minimum atomic E-state index is -3.64. The molecular formula is C13H19N3O4S. The van der Waals surface area contributed by atoms with Crippen molar-refractivity contribution in [2.45, 2.75) is 24.8 Å². The van der Waals surface area contributed by atoms with Gasteiger partial charge in [-0.05, 0) is 32.0 Å². The molecule has 1 heterocycles. The Labute approximate surface area is 124 Å². The van der Waals surface area contributed by atoms with Crippen LogP contribution in [-0.2, 0) is 14.8 Å². The highest BCUT2D eigenvalue weighted by Gasteiger charge is 2.31. The first kappa shape index (κ1) is 15.7. The average Bonchev–Trinajstić information content (AvgIpc) is 2.46. The monoisotopic (exact) mass is 313 g/mol. The van der Waals surface area contributed by atoms with Gasteiger partial charge in [-0.2, -0.15) is 0 Å². The summed E-state index contributed by atoms with van der Waals surface area (Å²) in [6, 6.07) is 4.47. The van der Waals surface area contributed by atoms with Crippen molar-refractivity contribution in [3.8, 4) is 5.75 Å². The van der Waals surface area contributed by atoms with Gasteiger partial charge in [0.2, 0.25) is 10.0 Å². The van der Waals surface area contributed by atoms with E-state index >= 15 is 0 Å². The van der Waals surface area contributed by atoms with Crippen molar-refractivity contribution in [3.05, 3.63) is 18.2 Å². The van der Waals surface area contributed by atoms with E-state index in [4.69, 9.17) is 10.5 Å². The molecule has 0 radical (unpaired) electrons. The molecule has 0 saturated carbocycles. The molecule has 8 heteroatoms. The third kappa shape index (κ3) is 3.02. The summed E-state index contributed by atoms with van der Waals surface area (Å²) in [7, 11) is -3.64. The standard InChI is InChI=1S/C13H19N3O4S/c1-3-16-11-8-10(21(18,19)15-7-6-14)4-5-12(11)20-9(2)13(16)17/h4-5,8-9,15H,3,6-7,14H2,1-2H3. The second kappa shape index (κ2) is 6.00. The highest BCUT2D eigenvalue weighted by molar-refractivity contribution is 7.89. The number of nitrogens with one attached hydrogen (secondary N) is 1. The molecule has 21 heavy (non-hydrogen) atoms. The number of carbonyl (C=O) groups excluding carboxylic acids is 1. The first-order chi connectivity index (χ1) is 9.90. The Balaban J connectivity index is 2.43. The van der Waals surface area contributed by atoms with Crippen LogP contribution < -0.4 is 20.1 Å². The summed E-state index contributed by atoms with van der Waals surface area (Å²) < 4.78 is 32.1. The number of sulfonamides is 1. The van der Waals surface area contributed by atoms with Crippen LogP contribution in [0.2, 0.25) is 0 Å². The molecule has 1 unspecified atom stereocenters. The molecule has 1 aromatic rings. The molecule has 0 aromatic heterocycles. The van der Waals surface area contributed by atoms with Gasteiger partial charge in [-0.25, -0.2) is 13.1 Å². The Bertz CT molecular complexity index is 645. The Morgan fingerprint density at radius 2 is 2.14 bits per heavy atom. The fourth-order valence-electron chi connectivity index (χ4n) is 2.16. The Morgan fingerprint density at radius 1 is 1.43 bits per heavy atom. The topological polar surface area (TPSA) is 102 Å². The smallest absolute Gasteiger partial charge is 0.267 e. The summed E-state index contributed by atoms with van der Waals surface area (Å²) in [4.78, 5) is 13.7. The van der Waals surface area contributed by atoms with E-state index in [9.17, 15) is 13.2 Å². The van der Waals surface area contributed by atoms with Crippen LogP contribution in [0.15, 0.2) is 23.1 Å². The van der Waals surface area contributed by atoms with Crippen LogP contribution in [0, 0.1) is 0 Å². The Morgan fingerprint density at radius 3 is 2.76 bits per heavy atom. The number of amides is 1. The van der Waals surface area contributed by atoms with E-state index in [1.54, 1.807) is 13.0 Å². The third-order valence-electron chi connectivity index (χ3n) is 3.20. The Hall–Kier alpha value is -1.64. The van der Waals surface area contributed by atoms with E-state index < -0.39 is 16.1 Å². The second-order valence-corrected chi connectivity index (χ2v) is 6.43. The number of nitrogens with two attached hydrogens (primary N) is 1. The van der Waals surface area contributed by atoms with Gasteiger partial charge in [0, 0.05) is 19.6 Å². The molecule has 1 atom stereocenters. The lowest BCUT2D eigenvalue weighted by Gasteiger charge is -2.32. The SMILES string of the molecule is CCN1C(=O)C(C)Oc2ccc(S(=O)(=O)NCCN)cc21. The molecular weight excluding hydrogens is 294 g/mol. The van der Waals surface area contributed by atoms with Crippen LogP contribution >= 0.6 is 0 Å². The molecule has 1 aromatic carbocycles. The molecule has 0 fully saturated rings. The molecule has 0 spiro atoms. The summed E-state index contributed by atoms with van der Waals surface area (Å²) in [6.07, 6.45) is -0.574. The van der Waals surface area contributed by atoms with Crippen LogP contribution in [0.4, 0.5) is 5.69 Å². The largest absolute Gasteiger partial charge is 0.479 e. The van der Waals surface area contributed by atoms with Gasteiger partial charge in [-0.1, -0.05) is 0 Å². The van der Waals surface area contributed by atoms with Gasteiger partial charge in [-0.3, -0.25) is 4.79 Å². The molecule has 2 rings (SSSR count). The second-order valence-electron chi connectivity index (χ2n) is 4.66. The lowest BCUT2D eigenvalue weighted by atomic mass is 10.2. The van der Waals surface area contributed by atoms with Gasteiger partial charge < -0.3 is 15.4 Å². The molecule has 3 N–H and O–H groups in total. The van der Waals surface area contributed by atoms with Crippen molar-refractivity contribution in [2.24, 2.45) is 5.73 Å². The van der Waals surface area contributed by atoms with Crippen LogP contribution in [0.5, 0.6) is 5.75 Å². The van der Waals surface area contributed by atoms with Crippen LogP contribution in [0.1, 0.15) is 13.8 Å². The normalized spacial score (nSPS) is 18.3. The number of likely N-dealkylation sites (N-methyl/N-ethyl adjacent to an activating group) is 1. The van der Waals surface area contributed by atoms with Gasteiger partial charge >= 0.3 is 0 Å². The number of hydrogen-bond acceptors (Lipinski definition) is 5. The predicted molar refractivity (Wildman–Crippen MR) is 78.8 cm³/mol. The highest BCUT2D eigenvalue weighted by Crippen LogP contribution is 2.35. The number of fused-ring (bicyclic) bond motifs is 1. The summed E-state index contributed by atoms with van der Waals surface area (Å²) in [5.41, 5.74) is 5.77. The molecule has 1 amide bonds. The number of rotatable bonds is 5. The fourth-order valence-corrected chi connectivity index (χ4v) is 3.22. The number of nitrogens with zero attached hydrogens (tertiary/aromatic N) is 1. The molecule has 1 aliphatic rings. The minimum absolute atomic E-state index is 0.0825. The predicted octanol–water partition coefficient (Wildman–Crippen LogP) is 0.0574. The van der Waals surface area contributed by atoms with E-state index in [0.717, 1.165) is 0 Å². The van der Waals surface area contributed by atoms with Crippen molar-refractivity contribution in [1.29, 1.82) is 0 Å². The van der Waals surface area contributed by atoms with Crippen molar-refractivity contribution in [3.63, 3.8) is 0 Å². The van der Waals surface area contributed by atoms with Crippen molar-refractivity contribution >= 4 is 21.6 Å². The lowest BCUT2D eigenvalue weighted by molar-refractivity contribution is -0.125. The quantitative estimate of drug-likeness (QED) is 0.800. The lowest BCUT2D eigenvalue weighted by Crippen LogP contribution is -2.44. The van der Waals surface area contributed by atoms with Gasteiger partial charge in [-0.15, -0.1) is 0 Å². The summed E-state index contributed by atoms with van der Waals surface area (Å²) in [5.74, 6) is 0.316. The maximum absolute atomic E-state index is 12.1. The molecule has 7 nitrogen and oxygen atoms in total. The first-order valence-corrected chi connectivity index (χ1v) is 8.21. The molecule has 0 bridgehead atoms. The third-order valence-corrected chi connectivity index (χ3v) is 4.66. The highest BCUT2D eigenvalue weighted by atomic mass is 32.2. The zero-order valence-electron chi connectivity index (χ0n) is 12.0. The summed E-state index contributed by atoms with van der Waals surface area (Å²) in [5, 5.41) is 0. The van der Waals surface area contributed by atoms with Gasteiger partial charge in [0.05, 0.1) is 10.6 Å². The zero-order chi connectivity index (χ0) is 15.6. The molecule has 0 aliphatic carbocycles. The van der Waals surface area contributed by atoms with Crippen molar-refractivity contribution in [1.82, 2.24) is 4.72 Å². The first-order valence-electron chi connectivity index (χ1n) is 6.72. The van der Waals surface area contributed by atoms with E-state index in [2.05, 4.69) is 4.72 Å². The molecule has 1 aliphatic heterocycles. The maximum Gasteiger partial charge on any atom is 0.267 e. The van der Waals surface area contributed by atoms with Gasteiger partial charge in [0.15, 0.2) is 6.10 Å².